The van der Waals surface area contributed by atoms with Crippen molar-refractivity contribution in [3.8, 4) is 33.4 Å². The molecule has 0 aliphatic rings. The molecular formula is C50H33NO. The van der Waals surface area contributed by atoms with Crippen LogP contribution >= 0.6 is 0 Å². The average Bonchev–Trinajstić information content (AvgIpc) is 3.60. The maximum Gasteiger partial charge on any atom is 0.135 e. The van der Waals surface area contributed by atoms with E-state index >= 15 is 0 Å². The molecule has 0 unspecified atom stereocenters. The molecule has 0 fully saturated rings. The molecule has 0 radical (unpaired) electrons. The maximum absolute atomic E-state index is 6.11. The Morgan fingerprint density at radius 1 is 0.269 bits per heavy atom. The van der Waals surface area contributed by atoms with E-state index in [1.165, 1.54) is 43.8 Å². The van der Waals surface area contributed by atoms with E-state index in [2.05, 4.69) is 193 Å². The summed E-state index contributed by atoms with van der Waals surface area (Å²) in [6.45, 7) is 0. The minimum absolute atomic E-state index is 0.909. The SMILES string of the molecule is c1ccc(-c2c(-c3ccccc3)c3cc(N(c4ccccc4)c4ccc(-c5ccc6oc7ccccc7c6c5)cc4)ccc3c3ccccc23)cc1. The van der Waals surface area contributed by atoms with E-state index in [0.29, 0.717) is 0 Å². The van der Waals surface area contributed by atoms with E-state index in [0.717, 1.165) is 50.1 Å². The van der Waals surface area contributed by atoms with Crippen molar-refractivity contribution in [1.29, 1.82) is 0 Å². The lowest BCUT2D eigenvalue weighted by Gasteiger charge is -2.27. The van der Waals surface area contributed by atoms with E-state index in [1.54, 1.807) is 0 Å². The summed E-state index contributed by atoms with van der Waals surface area (Å²) in [6, 6.07) is 71.8. The number of fused-ring (bicyclic) bond motifs is 6. The standard InChI is InChI=1S/C50H33NO/c1-4-14-35(15-5-1)49-44-22-11-10-20-41(44)42-30-29-40(33-46(42)50(49)36-16-6-2-7-17-36)51(38-18-8-3-9-19-38)39-27-24-34(25-28-39)37-26-31-48-45(32-37)43-21-12-13-23-47(43)52-48/h1-33H. The summed E-state index contributed by atoms with van der Waals surface area (Å²) in [5, 5.41) is 7.24. The van der Waals surface area contributed by atoms with Crippen LogP contribution in [0.25, 0.3) is 76.9 Å². The highest BCUT2D eigenvalue weighted by molar-refractivity contribution is 6.22. The number of furan rings is 1. The van der Waals surface area contributed by atoms with Gasteiger partial charge in [0.25, 0.3) is 0 Å². The number of hydrogen-bond acceptors (Lipinski definition) is 2. The van der Waals surface area contributed by atoms with E-state index in [9.17, 15) is 0 Å². The number of benzene rings is 9. The summed E-state index contributed by atoms with van der Waals surface area (Å²) >= 11 is 0. The Kier molecular flexibility index (Phi) is 7.18. The third-order valence-electron chi connectivity index (χ3n) is 10.2. The molecule has 0 saturated heterocycles. The fourth-order valence-corrected chi connectivity index (χ4v) is 7.86. The Morgan fingerprint density at radius 2 is 0.769 bits per heavy atom. The van der Waals surface area contributed by atoms with Gasteiger partial charge in [0.15, 0.2) is 0 Å². The molecule has 1 heterocycles. The third-order valence-corrected chi connectivity index (χ3v) is 10.2. The van der Waals surface area contributed by atoms with E-state index < -0.39 is 0 Å². The fraction of sp³-hybridized carbons (Fsp3) is 0. The van der Waals surface area contributed by atoms with Crippen LogP contribution in [-0.2, 0) is 0 Å². The lowest BCUT2D eigenvalue weighted by molar-refractivity contribution is 0.669. The zero-order valence-corrected chi connectivity index (χ0v) is 28.4. The Hall–Kier alpha value is -6.90. The predicted molar refractivity (Wildman–Crippen MR) is 220 cm³/mol. The first-order valence-electron chi connectivity index (χ1n) is 17.8. The molecule has 0 N–H and O–H groups in total. The molecule has 1 aromatic heterocycles. The maximum atomic E-state index is 6.11. The Morgan fingerprint density at radius 3 is 1.48 bits per heavy atom. The minimum Gasteiger partial charge on any atom is -0.456 e. The fourth-order valence-electron chi connectivity index (χ4n) is 7.86. The molecule has 52 heavy (non-hydrogen) atoms. The topological polar surface area (TPSA) is 16.4 Å². The first-order valence-corrected chi connectivity index (χ1v) is 17.8. The number of anilines is 3. The molecule has 10 aromatic rings. The van der Waals surface area contributed by atoms with Crippen LogP contribution < -0.4 is 4.90 Å². The van der Waals surface area contributed by atoms with E-state index in [-0.39, 0.29) is 0 Å². The second-order valence-electron chi connectivity index (χ2n) is 13.3. The molecule has 0 bridgehead atoms. The summed E-state index contributed by atoms with van der Waals surface area (Å²) in [5.41, 5.74) is 12.4. The van der Waals surface area contributed by atoms with Crippen molar-refractivity contribution in [3.05, 3.63) is 200 Å². The van der Waals surface area contributed by atoms with Gasteiger partial charge in [-0.25, -0.2) is 0 Å². The summed E-state index contributed by atoms with van der Waals surface area (Å²) < 4.78 is 6.11. The highest BCUT2D eigenvalue weighted by Crippen LogP contribution is 2.47. The van der Waals surface area contributed by atoms with Crippen LogP contribution in [0, 0.1) is 0 Å². The van der Waals surface area contributed by atoms with Crippen LogP contribution in [0.1, 0.15) is 0 Å². The zero-order valence-electron chi connectivity index (χ0n) is 28.4. The van der Waals surface area contributed by atoms with Gasteiger partial charge >= 0.3 is 0 Å². The lowest BCUT2D eigenvalue weighted by Crippen LogP contribution is -2.09. The number of hydrogen-bond donors (Lipinski definition) is 0. The summed E-state index contributed by atoms with van der Waals surface area (Å²) in [6.07, 6.45) is 0. The molecule has 0 aliphatic heterocycles. The molecular weight excluding hydrogens is 631 g/mol. The van der Waals surface area contributed by atoms with Crippen molar-refractivity contribution in [1.82, 2.24) is 0 Å². The van der Waals surface area contributed by atoms with Crippen molar-refractivity contribution in [3.63, 3.8) is 0 Å². The van der Waals surface area contributed by atoms with Crippen LogP contribution in [0.4, 0.5) is 17.1 Å². The molecule has 0 amide bonds. The van der Waals surface area contributed by atoms with Crippen LogP contribution in [0.15, 0.2) is 205 Å². The molecule has 0 saturated carbocycles. The van der Waals surface area contributed by atoms with Crippen LogP contribution in [0.2, 0.25) is 0 Å². The smallest absolute Gasteiger partial charge is 0.135 e. The number of rotatable bonds is 6. The first kappa shape index (κ1) is 30.0. The van der Waals surface area contributed by atoms with Gasteiger partial charge in [-0.1, -0.05) is 146 Å². The van der Waals surface area contributed by atoms with Gasteiger partial charge < -0.3 is 9.32 Å². The van der Waals surface area contributed by atoms with Gasteiger partial charge in [-0.3, -0.25) is 0 Å². The van der Waals surface area contributed by atoms with Gasteiger partial charge in [-0.15, -0.1) is 0 Å². The summed E-state index contributed by atoms with van der Waals surface area (Å²) in [4.78, 5) is 2.36. The monoisotopic (exact) mass is 663 g/mol. The number of para-hydroxylation sites is 2. The quantitative estimate of drug-likeness (QED) is 0.165. The summed E-state index contributed by atoms with van der Waals surface area (Å²) in [5.74, 6) is 0. The van der Waals surface area contributed by atoms with Crippen molar-refractivity contribution in [2.45, 2.75) is 0 Å². The van der Waals surface area contributed by atoms with Crippen LogP contribution in [0.3, 0.4) is 0 Å². The van der Waals surface area contributed by atoms with Crippen molar-refractivity contribution in [2.24, 2.45) is 0 Å². The summed E-state index contributed by atoms with van der Waals surface area (Å²) in [7, 11) is 0. The van der Waals surface area contributed by atoms with Gasteiger partial charge in [-0.05, 0) is 110 Å². The predicted octanol–water partition coefficient (Wildman–Crippen LogP) is 14.4. The Labute approximate surface area is 302 Å². The van der Waals surface area contributed by atoms with Crippen molar-refractivity contribution < 1.29 is 4.42 Å². The third kappa shape index (κ3) is 5.04. The molecule has 9 aromatic carbocycles. The molecule has 10 rings (SSSR count). The molecule has 0 aliphatic carbocycles. The highest BCUT2D eigenvalue weighted by atomic mass is 16.3. The Balaban J connectivity index is 1.17. The van der Waals surface area contributed by atoms with Crippen molar-refractivity contribution >= 4 is 60.5 Å². The highest BCUT2D eigenvalue weighted by Gasteiger charge is 2.20. The average molecular weight is 664 g/mol. The zero-order chi connectivity index (χ0) is 34.4. The lowest BCUT2D eigenvalue weighted by atomic mass is 9.85. The van der Waals surface area contributed by atoms with Gasteiger partial charge in [0.2, 0.25) is 0 Å². The Bertz CT molecular complexity index is 2870. The van der Waals surface area contributed by atoms with Gasteiger partial charge in [-0.2, -0.15) is 0 Å². The minimum atomic E-state index is 0.909. The molecule has 0 atom stereocenters. The number of nitrogens with zero attached hydrogens (tertiary/aromatic N) is 1. The van der Waals surface area contributed by atoms with Crippen LogP contribution in [-0.4, -0.2) is 0 Å². The van der Waals surface area contributed by atoms with Gasteiger partial charge in [0.05, 0.1) is 0 Å². The first-order chi connectivity index (χ1) is 25.8. The molecule has 0 spiro atoms. The van der Waals surface area contributed by atoms with E-state index in [1.807, 2.05) is 12.1 Å². The molecule has 2 heteroatoms. The van der Waals surface area contributed by atoms with E-state index in [4.69, 9.17) is 4.42 Å². The second kappa shape index (κ2) is 12.5. The van der Waals surface area contributed by atoms with Crippen molar-refractivity contribution in [2.75, 3.05) is 4.90 Å². The van der Waals surface area contributed by atoms with Gasteiger partial charge in [0.1, 0.15) is 11.2 Å². The normalized spacial score (nSPS) is 11.5. The second-order valence-corrected chi connectivity index (χ2v) is 13.3. The van der Waals surface area contributed by atoms with Crippen LogP contribution in [0.5, 0.6) is 0 Å². The largest absolute Gasteiger partial charge is 0.456 e. The molecule has 2 nitrogen and oxygen atoms in total. The molecule has 244 valence electrons. The van der Waals surface area contributed by atoms with Gasteiger partial charge in [0, 0.05) is 27.8 Å².